The summed E-state index contributed by atoms with van der Waals surface area (Å²) in [5.74, 6) is -0.0797. The van der Waals surface area contributed by atoms with E-state index in [1.54, 1.807) is 41.3 Å². The van der Waals surface area contributed by atoms with Gasteiger partial charge in [-0.2, -0.15) is 0 Å². The fourth-order valence-electron chi connectivity index (χ4n) is 4.90. The smallest absolute Gasteiger partial charge is 0.338 e. The molecule has 5 rings (SSSR count). The number of benzene rings is 3. The van der Waals surface area contributed by atoms with Gasteiger partial charge in [-0.25, -0.2) is 4.79 Å². The summed E-state index contributed by atoms with van der Waals surface area (Å²) in [6, 6.07) is 18.8. The molecule has 1 amide bonds. The molecule has 40 heavy (non-hydrogen) atoms. The number of nitrogens with zero attached hydrogens (tertiary/aromatic N) is 1. The van der Waals surface area contributed by atoms with E-state index in [9.17, 15) is 14.4 Å². The van der Waals surface area contributed by atoms with Gasteiger partial charge in [0, 0.05) is 5.69 Å². The molecule has 1 aliphatic heterocycles. The summed E-state index contributed by atoms with van der Waals surface area (Å²) in [5, 5.41) is 0.433. The largest absolute Gasteiger partial charge is 0.494 e. The molecule has 0 spiro atoms. The fourth-order valence-corrected chi connectivity index (χ4v) is 4.90. The molecule has 1 aliphatic rings. The maximum Gasteiger partial charge on any atom is 0.338 e. The molecule has 7 heteroatoms. The third kappa shape index (κ3) is 5.24. The second kappa shape index (κ2) is 11.8. The normalized spacial score (nSPS) is 14.4. The van der Waals surface area contributed by atoms with Crippen LogP contribution in [0.3, 0.4) is 0 Å². The highest BCUT2D eigenvalue weighted by Gasteiger charge is 2.43. The van der Waals surface area contributed by atoms with Gasteiger partial charge < -0.3 is 13.9 Å². The number of rotatable bonds is 10. The molecule has 2 heterocycles. The first-order chi connectivity index (χ1) is 19.4. The summed E-state index contributed by atoms with van der Waals surface area (Å²) in [4.78, 5) is 41.7. The number of carbonyl (C=O) groups is 2. The van der Waals surface area contributed by atoms with Gasteiger partial charge in [-0.05, 0) is 73.9 Å². The van der Waals surface area contributed by atoms with Crippen molar-refractivity contribution in [2.75, 3.05) is 18.1 Å². The van der Waals surface area contributed by atoms with Gasteiger partial charge in [-0.1, -0.05) is 50.5 Å². The van der Waals surface area contributed by atoms with E-state index in [1.807, 2.05) is 44.2 Å². The van der Waals surface area contributed by atoms with E-state index < -0.39 is 17.9 Å². The topological polar surface area (TPSA) is 86.0 Å². The highest BCUT2D eigenvalue weighted by Crippen LogP contribution is 2.41. The third-order valence-electron chi connectivity index (χ3n) is 7.10. The first-order valence-electron chi connectivity index (χ1n) is 13.8. The Balaban J connectivity index is 1.57. The van der Waals surface area contributed by atoms with Crippen molar-refractivity contribution in [1.82, 2.24) is 0 Å². The monoisotopic (exact) mass is 539 g/mol. The van der Waals surface area contributed by atoms with Crippen molar-refractivity contribution in [2.45, 2.75) is 52.5 Å². The van der Waals surface area contributed by atoms with Crippen molar-refractivity contribution >= 4 is 28.5 Å². The molecule has 0 bridgehead atoms. The number of hydrogen-bond acceptors (Lipinski definition) is 6. The number of carbonyl (C=O) groups excluding carboxylic acids is 2. The maximum absolute atomic E-state index is 13.9. The van der Waals surface area contributed by atoms with E-state index in [0.29, 0.717) is 41.0 Å². The molecule has 1 aromatic heterocycles. The van der Waals surface area contributed by atoms with Crippen LogP contribution in [-0.4, -0.2) is 25.1 Å². The van der Waals surface area contributed by atoms with Gasteiger partial charge in [-0.15, -0.1) is 0 Å². The van der Waals surface area contributed by atoms with Crippen molar-refractivity contribution in [3.8, 4) is 5.75 Å². The molecule has 0 saturated heterocycles. The minimum absolute atomic E-state index is 0.0256. The number of amides is 1. The van der Waals surface area contributed by atoms with Crippen LogP contribution in [0.15, 0.2) is 75.9 Å². The van der Waals surface area contributed by atoms with Gasteiger partial charge in [-0.3, -0.25) is 14.5 Å². The number of anilines is 1. The second-order valence-corrected chi connectivity index (χ2v) is 10.1. The average molecular weight is 540 g/mol. The molecule has 0 saturated carbocycles. The van der Waals surface area contributed by atoms with Crippen molar-refractivity contribution in [3.05, 3.63) is 105 Å². The minimum Gasteiger partial charge on any atom is -0.494 e. The Bertz CT molecular complexity index is 1590. The van der Waals surface area contributed by atoms with Crippen LogP contribution in [0.2, 0.25) is 0 Å². The molecule has 0 radical (unpaired) electrons. The number of aryl methyl sites for hydroxylation is 1. The lowest BCUT2D eigenvalue weighted by molar-refractivity contribution is 0.0499. The Morgan fingerprint density at radius 3 is 2.30 bits per heavy atom. The SMILES string of the molecule is CCCCOC(=O)c1ccc(N2C(=O)c3oc4ccc(C)cc4c(=O)c3C2c2ccc(OCCCC)cc2)cc1. The summed E-state index contributed by atoms with van der Waals surface area (Å²) in [6.45, 7) is 7.02. The summed E-state index contributed by atoms with van der Waals surface area (Å²) < 4.78 is 17.2. The van der Waals surface area contributed by atoms with Crippen LogP contribution in [0.1, 0.15) is 83.2 Å². The predicted octanol–water partition coefficient (Wildman–Crippen LogP) is 6.99. The number of ether oxygens (including phenoxy) is 2. The molecule has 1 atom stereocenters. The van der Waals surface area contributed by atoms with Gasteiger partial charge in [0.05, 0.1) is 35.8 Å². The summed E-state index contributed by atoms with van der Waals surface area (Å²) in [7, 11) is 0. The fraction of sp³-hybridized carbons (Fsp3) is 0.303. The number of unbranched alkanes of at least 4 members (excludes halogenated alkanes) is 2. The molecular weight excluding hydrogens is 506 g/mol. The van der Waals surface area contributed by atoms with Crippen LogP contribution in [0.4, 0.5) is 5.69 Å². The summed E-state index contributed by atoms with van der Waals surface area (Å²) in [5.41, 5.74) is 3.03. The van der Waals surface area contributed by atoms with Gasteiger partial charge in [0.25, 0.3) is 5.91 Å². The van der Waals surface area contributed by atoms with Gasteiger partial charge in [0.15, 0.2) is 5.43 Å². The standard InChI is InChI=1S/C33H33NO6/c1-4-6-18-38-25-15-11-22(12-16-25)29-28-30(35)26-20-21(3)8-17-27(26)40-31(28)32(36)34(29)24-13-9-23(10-14-24)33(37)39-19-7-5-2/h8-17,20,29H,4-7,18-19H2,1-3H3. The van der Waals surface area contributed by atoms with Crippen molar-refractivity contribution in [2.24, 2.45) is 0 Å². The van der Waals surface area contributed by atoms with Gasteiger partial charge >= 0.3 is 5.97 Å². The van der Waals surface area contributed by atoms with Gasteiger partial charge in [0.2, 0.25) is 5.76 Å². The molecule has 1 unspecified atom stereocenters. The third-order valence-corrected chi connectivity index (χ3v) is 7.10. The highest BCUT2D eigenvalue weighted by atomic mass is 16.5. The van der Waals surface area contributed by atoms with Crippen LogP contribution >= 0.6 is 0 Å². The zero-order valence-corrected chi connectivity index (χ0v) is 23.1. The molecule has 0 N–H and O–H groups in total. The highest BCUT2D eigenvalue weighted by molar-refractivity contribution is 6.10. The van der Waals surface area contributed by atoms with Crippen LogP contribution in [0.25, 0.3) is 11.0 Å². The van der Waals surface area contributed by atoms with Crippen LogP contribution in [-0.2, 0) is 4.74 Å². The molecule has 3 aromatic carbocycles. The molecule has 0 aliphatic carbocycles. The molecular formula is C33H33NO6. The van der Waals surface area contributed by atoms with E-state index in [2.05, 4.69) is 6.92 Å². The second-order valence-electron chi connectivity index (χ2n) is 10.1. The van der Waals surface area contributed by atoms with Gasteiger partial charge in [0.1, 0.15) is 11.3 Å². The number of hydrogen-bond donors (Lipinski definition) is 0. The first-order valence-corrected chi connectivity index (χ1v) is 13.8. The zero-order valence-electron chi connectivity index (χ0n) is 23.1. The zero-order chi connectivity index (χ0) is 28.2. The first kappa shape index (κ1) is 27.2. The molecule has 0 fully saturated rings. The predicted molar refractivity (Wildman–Crippen MR) is 154 cm³/mol. The Morgan fingerprint density at radius 1 is 0.900 bits per heavy atom. The lowest BCUT2D eigenvalue weighted by Crippen LogP contribution is -2.29. The molecule has 7 nitrogen and oxygen atoms in total. The summed E-state index contributed by atoms with van der Waals surface area (Å²) in [6.07, 6.45) is 3.71. The van der Waals surface area contributed by atoms with Crippen LogP contribution in [0.5, 0.6) is 5.75 Å². The molecule has 206 valence electrons. The van der Waals surface area contributed by atoms with Crippen LogP contribution in [0, 0.1) is 6.92 Å². The summed E-state index contributed by atoms with van der Waals surface area (Å²) >= 11 is 0. The molecule has 4 aromatic rings. The Labute approximate surface area is 233 Å². The quantitative estimate of drug-likeness (QED) is 0.160. The lowest BCUT2D eigenvalue weighted by atomic mass is 9.97. The lowest BCUT2D eigenvalue weighted by Gasteiger charge is -2.25. The maximum atomic E-state index is 13.9. The number of fused-ring (bicyclic) bond motifs is 2. The van der Waals surface area contributed by atoms with E-state index >= 15 is 0 Å². The Kier molecular flexibility index (Phi) is 8.01. The Morgan fingerprint density at radius 2 is 1.60 bits per heavy atom. The van der Waals surface area contributed by atoms with Crippen molar-refractivity contribution < 1.29 is 23.5 Å². The van der Waals surface area contributed by atoms with Crippen LogP contribution < -0.4 is 15.1 Å². The van der Waals surface area contributed by atoms with Crippen molar-refractivity contribution in [3.63, 3.8) is 0 Å². The Hall–Kier alpha value is -4.39. The van der Waals surface area contributed by atoms with E-state index in [-0.39, 0.29) is 11.2 Å². The van der Waals surface area contributed by atoms with E-state index in [4.69, 9.17) is 13.9 Å². The van der Waals surface area contributed by atoms with E-state index in [1.165, 1.54) is 0 Å². The van der Waals surface area contributed by atoms with Crippen molar-refractivity contribution in [1.29, 1.82) is 0 Å². The minimum atomic E-state index is -0.712. The average Bonchev–Trinajstić information content (AvgIpc) is 3.26. The number of esters is 1. The van der Waals surface area contributed by atoms with E-state index in [0.717, 1.165) is 42.6 Å².